The van der Waals surface area contributed by atoms with Crippen LogP contribution in [0.25, 0.3) is 0 Å². The Balaban J connectivity index is 2.18. The fourth-order valence-electron chi connectivity index (χ4n) is 3.07. The largest absolute Gasteiger partial charge is 0.313 e. The van der Waals surface area contributed by atoms with E-state index in [-0.39, 0.29) is 0 Å². The average Bonchev–Trinajstić information content (AvgIpc) is 2.69. The van der Waals surface area contributed by atoms with Gasteiger partial charge in [-0.15, -0.1) is 0 Å². The van der Waals surface area contributed by atoms with Gasteiger partial charge in [-0.05, 0) is 69.8 Å². The third kappa shape index (κ3) is 3.18. The lowest BCUT2D eigenvalue weighted by molar-refractivity contribution is 0.545. The predicted molar refractivity (Wildman–Crippen MR) is 88.7 cm³/mol. The van der Waals surface area contributed by atoms with Crippen molar-refractivity contribution in [3.63, 3.8) is 0 Å². The van der Waals surface area contributed by atoms with Crippen LogP contribution < -0.4 is 5.32 Å². The van der Waals surface area contributed by atoms with Crippen molar-refractivity contribution in [3.8, 4) is 0 Å². The molecule has 114 valence electrons. The van der Waals surface area contributed by atoms with Crippen molar-refractivity contribution in [3.05, 3.63) is 51.8 Å². The van der Waals surface area contributed by atoms with Gasteiger partial charge in [0.15, 0.2) is 0 Å². The summed E-state index contributed by atoms with van der Waals surface area (Å²) in [6.07, 6.45) is 2.15. The Labute approximate surface area is 128 Å². The minimum absolute atomic E-state index is 0.393. The first-order chi connectivity index (χ1) is 9.95. The number of nitrogens with zero attached hydrogens (tertiary/aromatic N) is 2. The molecular weight excluding hydrogens is 258 g/mol. The van der Waals surface area contributed by atoms with E-state index in [9.17, 15) is 0 Å². The molecule has 3 nitrogen and oxygen atoms in total. The fraction of sp³-hybridized carbons (Fsp3) is 0.500. The molecule has 0 aliphatic carbocycles. The lowest BCUT2D eigenvalue weighted by Crippen LogP contribution is -2.18. The summed E-state index contributed by atoms with van der Waals surface area (Å²) < 4.78 is 1.98. The minimum Gasteiger partial charge on any atom is -0.313 e. The van der Waals surface area contributed by atoms with Crippen molar-refractivity contribution in [2.45, 2.75) is 46.6 Å². The zero-order valence-corrected chi connectivity index (χ0v) is 14.1. The van der Waals surface area contributed by atoms with Crippen molar-refractivity contribution < 1.29 is 0 Å². The lowest BCUT2D eigenvalue weighted by Gasteiger charge is -2.20. The van der Waals surface area contributed by atoms with Crippen LogP contribution in [0.4, 0.5) is 0 Å². The fourth-order valence-corrected chi connectivity index (χ4v) is 3.07. The molecule has 0 saturated heterocycles. The van der Waals surface area contributed by atoms with E-state index in [1.807, 2.05) is 11.7 Å². The van der Waals surface area contributed by atoms with Crippen molar-refractivity contribution in [2.75, 3.05) is 7.05 Å². The van der Waals surface area contributed by atoms with Gasteiger partial charge >= 0.3 is 0 Å². The average molecular weight is 285 g/mol. The minimum atomic E-state index is 0.393. The molecule has 1 unspecified atom stereocenters. The molecule has 3 heteroatoms. The van der Waals surface area contributed by atoms with Gasteiger partial charge in [-0.3, -0.25) is 4.68 Å². The van der Waals surface area contributed by atoms with Gasteiger partial charge in [-0.25, -0.2) is 0 Å². The summed E-state index contributed by atoms with van der Waals surface area (Å²) in [6, 6.07) is 6.97. The molecule has 0 fully saturated rings. The lowest BCUT2D eigenvalue weighted by atomic mass is 9.93. The van der Waals surface area contributed by atoms with Crippen LogP contribution in [-0.4, -0.2) is 16.8 Å². The van der Waals surface area contributed by atoms with Crippen LogP contribution in [0.2, 0.25) is 0 Å². The highest BCUT2D eigenvalue weighted by Gasteiger charge is 2.15. The first-order valence-electron chi connectivity index (χ1n) is 7.68. The number of nitrogens with one attached hydrogen (secondary N) is 1. The van der Waals surface area contributed by atoms with Gasteiger partial charge in [0.2, 0.25) is 0 Å². The summed E-state index contributed by atoms with van der Waals surface area (Å²) in [5.74, 6) is 0. The SMILES string of the molecule is CNC(CCc1c(C)nn(C)c1C)c1cccc(C)c1C. The summed E-state index contributed by atoms with van der Waals surface area (Å²) in [7, 11) is 4.07. The summed E-state index contributed by atoms with van der Waals surface area (Å²) in [5, 5.41) is 7.99. The van der Waals surface area contributed by atoms with E-state index in [4.69, 9.17) is 0 Å². The maximum atomic E-state index is 4.52. The van der Waals surface area contributed by atoms with Gasteiger partial charge < -0.3 is 5.32 Å². The van der Waals surface area contributed by atoms with E-state index in [2.05, 4.69) is 63.4 Å². The van der Waals surface area contributed by atoms with Crippen molar-refractivity contribution in [2.24, 2.45) is 7.05 Å². The molecular formula is C18H27N3. The highest BCUT2D eigenvalue weighted by Crippen LogP contribution is 2.25. The Morgan fingerprint density at radius 2 is 1.90 bits per heavy atom. The van der Waals surface area contributed by atoms with E-state index < -0.39 is 0 Å². The van der Waals surface area contributed by atoms with Gasteiger partial charge in [0, 0.05) is 18.8 Å². The van der Waals surface area contributed by atoms with Crippen LogP contribution in [0.5, 0.6) is 0 Å². The van der Waals surface area contributed by atoms with E-state index in [0.29, 0.717) is 6.04 Å². The van der Waals surface area contributed by atoms with Gasteiger partial charge in [-0.2, -0.15) is 5.10 Å². The Morgan fingerprint density at radius 3 is 2.48 bits per heavy atom. The van der Waals surface area contributed by atoms with E-state index in [0.717, 1.165) is 18.5 Å². The molecule has 1 atom stereocenters. The summed E-state index contributed by atoms with van der Waals surface area (Å²) >= 11 is 0. The molecule has 21 heavy (non-hydrogen) atoms. The molecule has 0 spiro atoms. The number of rotatable bonds is 5. The number of hydrogen-bond acceptors (Lipinski definition) is 2. The highest BCUT2D eigenvalue weighted by atomic mass is 15.3. The molecule has 1 heterocycles. The molecule has 2 rings (SSSR count). The van der Waals surface area contributed by atoms with Crippen LogP contribution in [-0.2, 0) is 13.5 Å². The molecule has 1 aromatic heterocycles. The number of hydrogen-bond donors (Lipinski definition) is 1. The smallest absolute Gasteiger partial charge is 0.0628 e. The van der Waals surface area contributed by atoms with Crippen LogP contribution in [0.3, 0.4) is 0 Å². The monoisotopic (exact) mass is 285 g/mol. The van der Waals surface area contributed by atoms with Gasteiger partial charge in [0.25, 0.3) is 0 Å². The van der Waals surface area contributed by atoms with E-state index in [1.165, 1.54) is 27.9 Å². The Morgan fingerprint density at radius 1 is 1.19 bits per heavy atom. The van der Waals surface area contributed by atoms with Crippen molar-refractivity contribution >= 4 is 0 Å². The van der Waals surface area contributed by atoms with Crippen molar-refractivity contribution in [1.29, 1.82) is 0 Å². The molecule has 1 aromatic carbocycles. The topological polar surface area (TPSA) is 29.9 Å². The normalized spacial score (nSPS) is 12.7. The third-order valence-corrected chi connectivity index (χ3v) is 4.71. The standard InChI is InChI=1S/C18H27N3/c1-12-8-7-9-16(13(12)2)18(19-5)11-10-17-14(3)20-21(6)15(17)4/h7-9,18-19H,10-11H2,1-6H3. The second-order valence-electron chi connectivity index (χ2n) is 5.94. The second kappa shape index (κ2) is 6.44. The molecule has 0 radical (unpaired) electrons. The first kappa shape index (κ1) is 15.8. The zero-order chi connectivity index (χ0) is 15.6. The Kier molecular flexibility index (Phi) is 4.84. The molecule has 0 saturated carbocycles. The third-order valence-electron chi connectivity index (χ3n) is 4.71. The molecule has 0 aliphatic rings. The zero-order valence-electron chi connectivity index (χ0n) is 14.1. The van der Waals surface area contributed by atoms with Crippen molar-refractivity contribution in [1.82, 2.24) is 15.1 Å². The van der Waals surface area contributed by atoms with Gasteiger partial charge in [0.05, 0.1) is 5.69 Å². The molecule has 0 amide bonds. The highest BCUT2D eigenvalue weighted by molar-refractivity contribution is 5.35. The maximum absolute atomic E-state index is 4.52. The van der Waals surface area contributed by atoms with E-state index in [1.54, 1.807) is 0 Å². The summed E-state index contributed by atoms with van der Waals surface area (Å²) in [5.41, 5.74) is 8.01. The van der Waals surface area contributed by atoms with Gasteiger partial charge in [-0.1, -0.05) is 18.2 Å². The number of aromatic nitrogens is 2. The molecule has 1 N–H and O–H groups in total. The Bertz CT molecular complexity index is 626. The number of aryl methyl sites for hydroxylation is 3. The molecule has 0 bridgehead atoms. The maximum Gasteiger partial charge on any atom is 0.0628 e. The molecule has 0 aliphatic heterocycles. The van der Waals surface area contributed by atoms with Crippen LogP contribution >= 0.6 is 0 Å². The molecule has 2 aromatic rings. The second-order valence-corrected chi connectivity index (χ2v) is 5.94. The van der Waals surface area contributed by atoms with E-state index >= 15 is 0 Å². The van der Waals surface area contributed by atoms with Gasteiger partial charge in [0.1, 0.15) is 0 Å². The number of benzene rings is 1. The first-order valence-corrected chi connectivity index (χ1v) is 7.68. The van der Waals surface area contributed by atoms with Crippen LogP contribution in [0.1, 0.15) is 46.1 Å². The Hall–Kier alpha value is -1.61. The quantitative estimate of drug-likeness (QED) is 0.910. The summed E-state index contributed by atoms with van der Waals surface area (Å²) in [4.78, 5) is 0. The van der Waals surface area contributed by atoms with Crippen LogP contribution in [0.15, 0.2) is 18.2 Å². The van der Waals surface area contributed by atoms with Crippen LogP contribution in [0, 0.1) is 27.7 Å². The summed E-state index contributed by atoms with van der Waals surface area (Å²) in [6.45, 7) is 8.66. The predicted octanol–water partition coefficient (Wildman–Crippen LogP) is 3.55.